The fourth-order valence-electron chi connectivity index (χ4n) is 10.4. The molecule has 3 heterocycles. The van der Waals surface area contributed by atoms with Gasteiger partial charge < -0.3 is 9.13 Å². The average molecular weight is 814 g/mol. The Morgan fingerprint density at radius 3 is 1.77 bits per heavy atom. The third-order valence-electron chi connectivity index (χ3n) is 13.4. The van der Waals surface area contributed by atoms with Crippen LogP contribution in [0.1, 0.15) is 0 Å². The van der Waals surface area contributed by atoms with Crippen LogP contribution in [0.5, 0.6) is 0 Å². The Hall–Kier alpha value is -8.67. The first kappa shape index (κ1) is 35.0. The predicted octanol–water partition coefficient (Wildman–Crippen LogP) is 15.2. The van der Waals surface area contributed by atoms with Gasteiger partial charge >= 0.3 is 0 Å². The molecular formula is C59H35N5. The smallest absolute Gasteiger partial charge is 0.163 e. The number of rotatable bonds is 4. The van der Waals surface area contributed by atoms with Crippen molar-refractivity contribution in [3.8, 4) is 34.2 Å². The Balaban J connectivity index is 0.982. The maximum Gasteiger partial charge on any atom is 0.163 e. The molecule has 3 aromatic heterocycles. The van der Waals surface area contributed by atoms with Crippen LogP contribution in [0, 0.1) is 0 Å². The second kappa shape index (κ2) is 13.4. The van der Waals surface area contributed by atoms with Gasteiger partial charge in [-0.3, -0.25) is 0 Å². The molecule has 14 aromatic rings. The highest BCUT2D eigenvalue weighted by atomic mass is 15.0. The summed E-state index contributed by atoms with van der Waals surface area (Å²) in [4.78, 5) is 14.7. The van der Waals surface area contributed by atoms with E-state index in [9.17, 15) is 0 Å². The summed E-state index contributed by atoms with van der Waals surface area (Å²) in [6.45, 7) is 0. The average Bonchev–Trinajstić information content (AvgIpc) is 3.87. The van der Waals surface area contributed by atoms with Crippen LogP contribution in [0.15, 0.2) is 213 Å². The Bertz CT molecular complexity index is 4270. The number of hydrogen-bond acceptors (Lipinski definition) is 3. The molecule has 5 heteroatoms. The van der Waals surface area contributed by atoms with Crippen molar-refractivity contribution in [1.82, 2.24) is 24.1 Å². The molecule has 0 aliphatic rings. The minimum atomic E-state index is 0.639. The van der Waals surface area contributed by atoms with Gasteiger partial charge in [-0.15, -0.1) is 0 Å². The molecule has 0 aliphatic heterocycles. The van der Waals surface area contributed by atoms with Crippen LogP contribution in [-0.4, -0.2) is 24.1 Å². The number of fused-ring (bicyclic) bond motifs is 13. The van der Waals surface area contributed by atoms with Crippen LogP contribution in [-0.2, 0) is 0 Å². The molecule has 0 unspecified atom stereocenters. The summed E-state index contributed by atoms with van der Waals surface area (Å²) in [6, 6.07) is 74.9. The van der Waals surface area contributed by atoms with E-state index in [1.807, 2.05) is 0 Å². The first-order valence-electron chi connectivity index (χ1n) is 21.7. The molecule has 0 amide bonds. The molecule has 0 fully saturated rings. The third kappa shape index (κ3) is 5.15. The Morgan fingerprint density at radius 2 is 0.891 bits per heavy atom. The molecule has 0 aliphatic carbocycles. The van der Waals surface area contributed by atoms with E-state index in [4.69, 9.17) is 15.0 Å². The lowest BCUT2D eigenvalue weighted by molar-refractivity contribution is 1.07. The Labute approximate surface area is 366 Å². The summed E-state index contributed by atoms with van der Waals surface area (Å²) in [5, 5.41) is 16.9. The van der Waals surface area contributed by atoms with Crippen molar-refractivity contribution >= 4 is 97.5 Å². The lowest BCUT2D eigenvalue weighted by atomic mass is 10.00. The fourth-order valence-corrected chi connectivity index (χ4v) is 10.4. The highest BCUT2D eigenvalue weighted by molar-refractivity contribution is 6.22. The minimum absolute atomic E-state index is 0.639. The molecule has 0 N–H and O–H groups in total. The molecule has 0 saturated heterocycles. The molecule has 11 aromatic carbocycles. The maximum absolute atomic E-state index is 5.15. The van der Waals surface area contributed by atoms with Crippen molar-refractivity contribution < 1.29 is 0 Å². The standard InChI is InChI=1S/C59H35N5/c1-2-13-41-32-55-52(30-40(41)12-1)47-28-27-44(63-53-19-8-7-17-49(53)57-46-16-6-4-11-37(46)25-29-54(57)63)34-56(47)64(55)43-26-24-38-14-9-18-48(51(38)33-43)59-61-35-60-58(62-59)42-23-22-39-21-20-36-10-3-5-15-45(36)50(39)31-42/h1-35H. The number of hydrogen-bond donors (Lipinski definition) is 0. The SMILES string of the molecule is c1ccc2cc3c(cc2c1)c1ccc(-n2c4ccccc4c4c5ccccc5ccc42)cc1n3-c1ccc2cccc(-c3ncnc(-c4ccc5ccc6ccccc6c5c4)n3)c2c1. The highest BCUT2D eigenvalue weighted by Gasteiger charge is 2.20. The van der Waals surface area contributed by atoms with E-state index in [1.165, 1.54) is 75.7 Å². The van der Waals surface area contributed by atoms with E-state index in [-0.39, 0.29) is 0 Å². The quantitative estimate of drug-likeness (QED) is 0.166. The molecule has 14 rings (SSSR count). The normalized spacial score (nSPS) is 12.1. The second-order valence-electron chi connectivity index (χ2n) is 16.9. The number of nitrogens with zero attached hydrogens (tertiary/aromatic N) is 5. The van der Waals surface area contributed by atoms with E-state index >= 15 is 0 Å². The summed E-state index contributed by atoms with van der Waals surface area (Å²) in [5.74, 6) is 1.29. The third-order valence-corrected chi connectivity index (χ3v) is 13.4. The van der Waals surface area contributed by atoms with Gasteiger partial charge in [-0.2, -0.15) is 0 Å². The molecule has 0 saturated carbocycles. The van der Waals surface area contributed by atoms with Gasteiger partial charge in [-0.1, -0.05) is 152 Å². The van der Waals surface area contributed by atoms with Crippen molar-refractivity contribution in [3.05, 3.63) is 213 Å². The lowest BCUT2D eigenvalue weighted by Crippen LogP contribution is -1.98. The number of para-hydroxylation sites is 1. The van der Waals surface area contributed by atoms with Crippen LogP contribution in [0.4, 0.5) is 0 Å². The summed E-state index contributed by atoms with van der Waals surface area (Å²) >= 11 is 0. The molecule has 64 heavy (non-hydrogen) atoms. The Kier molecular flexibility index (Phi) is 7.33. The maximum atomic E-state index is 5.15. The van der Waals surface area contributed by atoms with Gasteiger partial charge in [-0.25, -0.2) is 15.0 Å². The van der Waals surface area contributed by atoms with Crippen molar-refractivity contribution in [3.63, 3.8) is 0 Å². The van der Waals surface area contributed by atoms with Crippen LogP contribution in [0.25, 0.3) is 132 Å². The molecule has 5 nitrogen and oxygen atoms in total. The van der Waals surface area contributed by atoms with Crippen LogP contribution < -0.4 is 0 Å². The molecule has 0 atom stereocenters. The fraction of sp³-hybridized carbons (Fsp3) is 0. The van der Waals surface area contributed by atoms with Crippen molar-refractivity contribution in [2.45, 2.75) is 0 Å². The minimum Gasteiger partial charge on any atom is -0.309 e. The van der Waals surface area contributed by atoms with Gasteiger partial charge in [0, 0.05) is 44.0 Å². The molecule has 0 spiro atoms. The van der Waals surface area contributed by atoms with Crippen molar-refractivity contribution in [2.24, 2.45) is 0 Å². The summed E-state index contributed by atoms with van der Waals surface area (Å²) in [5.41, 5.74) is 8.76. The first-order chi connectivity index (χ1) is 31.7. The van der Waals surface area contributed by atoms with Crippen LogP contribution >= 0.6 is 0 Å². The van der Waals surface area contributed by atoms with Crippen LogP contribution in [0.2, 0.25) is 0 Å². The molecular weight excluding hydrogens is 779 g/mol. The van der Waals surface area contributed by atoms with Gasteiger partial charge in [-0.05, 0) is 108 Å². The number of benzene rings is 11. The molecule has 0 radical (unpaired) electrons. The number of aromatic nitrogens is 5. The predicted molar refractivity (Wildman–Crippen MR) is 267 cm³/mol. The van der Waals surface area contributed by atoms with Gasteiger partial charge in [0.2, 0.25) is 0 Å². The summed E-state index contributed by atoms with van der Waals surface area (Å²) in [6.07, 6.45) is 1.64. The van der Waals surface area contributed by atoms with E-state index < -0.39 is 0 Å². The van der Waals surface area contributed by atoms with Crippen molar-refractivity contribution in [1.29, 1.82) is 0 Å². The first-order valence-corrected chi connectivity index (χ1v) is 21.7. The zero-order valence-electron chi connectivity index (χ0n) is 34.4. The molecule has 296 valence electrons. The topological polar surface area (TPSA) is 48.5 Å². The second-order valence-corrected chi connectivity index (χ2v) is 16.9. The molecule has 0 bridgehead atoms. The largest absolute Gasteiger partial charge is 0.309 e. The van der Waals surface area contributed by atoms with Gasteiger partial charge in [0.1, 0.15) is 6.33 Å². The van der Waals surface area contributed by atoms with Crippen LogP contribution in [0.3, 0.4) is 0 Å². The van der Waals surface area contributed by atoms with E-state index in [0.29, 0.717) is 11.6 Å². The summed E-state index contributed by atoms with van der Waals surface area (Å²) < 4.78 is 4.88. The van der Waals surface area contributed by atoms with E-state index in [2.05, 4.69) is 215 Å². The lowest BCUT2D eigenvalue weighted by Gasteiger charge is -2.13. The highest BCUT2D eigenvalue weighted by Crippen LogP contribution is 2.41. The van der Waals surface area contributed by atoms with Gasteiger partial charge in [0.15, 0.2) is 11.6 Å². The zero-order valence-corrected chi connectivity index (χ0v) is 34.4. The van der Waals surface area contributed by atoms with E-state index in [0.717, 1.165) is 44.3 Å². The van der Waals surface area contributed by atoms with Crippen molar-refractivity contribution in [2.75, 3.05) is 0 Å². The van der Waals surface area contributed by atoms with Gasteiger partial charge in [0.25, 0.3) is 0 Å². The van der Waals surface area contributed by atoms with Gasteiger partial charge in [0.05, 0.1) is 22.1 Å². The van der Waals surface area contributed by atoms with E-state index in [1.54, 1.807) is 6.33 Å². The zero-order chi connectivity index (χ0) is 41.9. The Morgan fingerprint density at radius 1 is 0.297 bits per heavy atom. The monoisotopic (exact) mass is 813 g/mol. The summed E-state index contributed by atoms with van der Waals surface area (Å²) in [7, 11) is 0.